The van der Waals surface area contributed by atoms with Gasteiger partial charge in [0.25, 0.3) is 0 Å². The highest BCUT2D eigenvalue weighted by Crippen LogP contribution is 2.15. The quantitative estimate of drug-likeness (QED) is 0.531. The van der Waals surface area contributed by atoms with Crippen molar-refractivity contribution in [1.82, 2.24) is 19.8 Å². The number of rotatable bonds is 9. The van der Waals surface area contributed by atoms with Gasteiger partial charge in [0.1, 0.15) is 16.8 Å². The molecule has 2 aromatic carbocycles. The Morgan fingerprint density at radius 2 is 1.74 bits per heavy atom. The molecule has 0 radical (unpaired) electrons. The van der Waals surface area contributed by atoms with Crippen LogP contribution in [0.25, 0.3) is 5.69 Å². The van der Waals surface area contributed by atoms with Gasteiger partial charge in [-0.2, -0.15) is 9.82 Å². The van der Waals surface area contributed by atoms with E-state index in [1.54, 1.807) is 18.5 Å². The maximum absolute atomic E-state index is 13.9. The fourth-order valence-corrected chi connectivity index (χ4v) is 4.45. The Hall–Kier alpha value is -3.04. The van der Waals surface area contributed by atoms with Crippen molar-refractivity contribution in [3.63, 3.8) is 0 Å². The van der Waals surface area contributed by atoms with Crippen LogP contribution >= 0.6 is 0 Å². The molecule has 0 saturated carbocycles. The standard InChI is InChI=1S/C22H25FN4O3S/c1-16(2)21(26-31(29,30)20-11-7-6-10-19(20)23)22(28)24-14-12-17-13-15-27(25-17)18-8-4-3-5-9-18/h3-11,13,15-16,21,26H,12,14H2,1-2H3,(H,24,28)/t21-/m0/s1. The molecule has 3 rings (SSSR count). The summed E-state index contributed by atoms with van der Waals surface area (Å²) >= 11 is 0. The number of amides is 1. The number of halogens is 1. The summed E-state index contributed by atoms with van der Waals surface area (Å²) < 4.78 is 43.1. The minimum Gasteiger partial charge on any atom is -0.354 e. The predicted octanol–water partition coefficient (Wildman–Crippen LogP) is 2.67. The van der Waals surface area contributed by atoms with Crippen LogP contribution in [0.2, 0.25) is 0 Å². The maximum Gasteiger partial charge on any atom is 0.244 e. The Balaban J connectivity index is 1.60. The van der Waals surface area contributed by atoms with Gasteiger partial charge in [-0.1, -0.05) is 44.2 Å². The van der Waals surface area contributed by atoms with Crippen molar-refractivity contribution in [1.29, 1.82) is 0 Å². The third kappa shape index (κ3) is 5.77. The van der Waals surface area contributed by atoms with Crippen LogP contribution < -0.4 is 10.0 Å². The predicted molar refractivity (Wildman–Crippen MR) is 116 cm³/mol. The molecule has 1 amide bonds. The van der Waals surface area contributed by atoms with Gasteiger partial charge in [-0.3, -0.25) is 4.79 Å². The lowest BCUT2D eigenvalue weighted by molar-refractivity contribution is -0.123. The lowest BCUT2D eigenvalue weighted by Gasteiger charge is -2.21. The van der Waals surface area contributed by atoms with Gasteiger partial charge in [-0.05, 0) is 36.2 Å². The Bertz CT molecular complexity index is 1130. The second-order valence-corrected chi connectivity index (χ2v) is 9.08. The number of para-hydroxylation sites is 1. The van der Waals surface area contributed by atoms with Crippen molar-refractivity contribution in [2.45, 2.75) is 31.2 Å². The largest absolute Gasteiger partial charge is 0.354 e. The summed E-state index contributed by atoms with van der Waals surface area (Å²) in [5.74, 6) is -1.68. The molecule has 3 aromatic rings. The second-order valence-electron chi connectivity index (χ2n) is 7.40. The number of nitrogens with one attached hydrogen (secondary N) is 2. The van der Waals surface area contributed by atoms with Gasteiger partial charge < -0.3 is 5.32 Å². The van der Waals surface area contributed by atoms with E-state index in [2.05, 4.69) is 15.1 Å². The molecular weight excluding hydrogens is 419 g/mol. The molecule has 0 aliphatic rings. The van der Waals surface area contributed by atoms with E-state index < -0.39 is 32.7 Å². The molecule has 1 aromatic heterocycles. The van der Waals surface area contributed by atoms with Crippen molar-refractivity contribution in [2.24, 2.45) is 5.92 Å². The van der Waals surface area contributed by atoms with Gasteiger partial charge in [0, 0.05) is 19.2 Å². The number of benzene rings is 2. The monoisotopic (exact) mass is 444 g/mol. The number of hydrogen-bond donors (Lipinski definition) is 2. The van der Waals surface area contributed by atoms with Crippen LogP contribution in [0.15, 0.2) is 71.8 Å². The molecule has 2 N–H and O–H groups in total. The fourth-order valence-electron chi connectivity index (χ4n) is 3.03. The Morgan fingerprint density at radius 1 is 1.06 bits per heavy atom. The summed E-state index contributed by atoms with van der Waals surface area (Å²) in [5.41, 5.74) is 1.72. The highest BCUT2D eigenvalue weighted by atomic mass is 32.2. The van der Waals surface area contributed by atoms with Crippen molar-refractivity contribution in [3.8, 4) is 5.69 Å². The topological polar surface area (TPSA) is 93.1 Å². The molecule has 1 atom stereocenters. The number of aromatic nitrogens is 2. The lowest BCUT2D eigenvalue weighted by Crippen LogP contribution is -2.50. The minimum atomic E-state index is -4.19. The van der Waals surface area contributed by atoms with Crippen molar-refractivity contribution in [2.75, 3.05) is 6.54 Å². The van der Waals surface area contributed by atoms with E-state index in [4.69, 9.17) is 0 Å². The molecule has 0 spiro atoms. The molecule has 0 saturated heterocycles. The van der Waals surface area contributed by atoms with E-state index in [0.29, 0.717) is 6.42 Å². The molecule has 0 aliphatic carbocycles. The average Bonchev–Trinajstić information content (AvgIpc) is 3.21. The van der Waals surface area contributed by atoms with Crippen LogP contribution in [-0.4, -0.2) is 36.7 Å². The van der Waals surface area contributed by atoms with Gasteiger partial charge in [-0.25, -0.2) is 17.5 Å². The number of hydrogen-bond acceptors (Lipinski definition) is 4. The smallest absolute Gasteiger partial charge is 0.244 e. The lowest BCUT2D eigenvalue weighted by atomic mass is 10.1. The fraction of sp³-hybridized carbons (Fsp3) is 0.273. The molecular formula is C22H25FN4O3S. The number of sulfonamides is 1. The SMILES string of the molecule is CC(C)[C@H](NS(=O)(=O)c1ccccc1F)C(=O)NCCc1ccn(-c2ccccc2)n1. The Kier molecular flexibility index (Phi) is 7.19. The molecule has 9 heteroatoms. The molecule has 0 aliphatic heterocycles. The summed E-state index contributed by atoms with van der Waals surface area (Å²) in [5, 5.41) is 7.22. The van der Waals surface area contributed by atoms with Crippen LogP contribution in [0.1, 0.15) is 19.5 Å². The van der Waals surface area contributed by atoms with Crippen LogP contribution in [0.3, 0.4) is 0 Å². The van der Waals surface area contributed by atoms with Gasteiger partial charge >= 0.3 is 0 Å². The van der Waals surface area contributed by atoms with E-state index in [9.17, 15) is 17.6 Å². The summed E-state index contributed by atoms with van der Waals surface area (Å²) in [6.07, 6.45) is 2.32. The molecule has 1 heterocycles. The first-order chi connectivity index (χ1) is 14.8. The zero-order valence-corrected chi connectivity index (χ0v) is 18.1. The number of carbonyl (C=O) groups is 1. The molecule has 0 fully saturated rings. The van der Waals surface area contributed by atoms with Crippen LogP contribution in [0.5, 0.6) is 0 Å². The van der Waals surface area contributed by atoms with Gasteiger partial charge in [0.15, 0.2) is 0 Å². The van der Waals surface area contributed by atoms with Gasteiger partial charge in [0.05, 0.1) is 11.4 Å². The maximum atomic E-state index is 13.9. The summed E-state index contributed by atoms with van der Waals surface area (Å²) in [4.78, 5) is 12.2. The van der Waals surface area contributed by atoms with Crippen LogP contribution in [0, 0.1) is 11.7 Å². The summed E-state index contributed by atoms with van der Waals surface area (Å²) in [7, 11) is -4.19. The molecule has 7 nitrogen and oxygen atoms in total. The third-order valence-corrected chi connectivity index (χ3v) is 6.18. The summed E-state index contributed by atoms with van der Waals surface area (Å²) in [6.45, 7) is 3.72. The van der Waals surface area contributed by atoms with E-state index in [-0.39, 0.29) is 12.5 Å². The molecule has 0 bridgehead atoms. The van der Waals surface area contributed by atoms with Crippen molar-refractivity contribution in [3.05, 3.63) is 78.4 Å². The molecule has 0 unspecified atom stereocenters. The van der Waals surface area contributed by atoms with Crippen LogP contribution in [0.4, 0.5) is 4.39 Å². The Labute approximate surface area is 181 Å². The van der Waals surface area contributed by atoms with Gasteiger partial charge in [-0.15, -0.1) is 0 Å². The highest BCUT2D eigenvalue weighted by molar-refractivity contribution is 7.89. The van der Waals surface area contributed by atoms with Crippen molar-refractivity contribution < 1.29 is 17.6 Å². The first kappa shape index (κ1) is 22.6. The third-order valence-electron chi connectivity index (χ3n) is 4.70. The van der Waals surface area contributed by atoms with E-state index in [1.165, 1.54) is 12.1 Å². The van der Waals surface area contributed by atoms with Crippen molar-refractivity contribution >= 4 is 15.9 Å². The first-order valence-corrected chi connectivity index (χ1v) is 11.4. The molecule has 31 heavy (non-hydrogen) atoms. The first-order valence-electron chi connectivity index (χ1n) is 9.92. The zero-order chi connectivity index (χ0) is 22.4. The van der Waals surface area contributed by atoms with E-state index in [1.807, 2.05) is 42.6 Å². The Morgan fingerprint density at radius 3 is 2.42 bits per heavy atom. The normalized spacial score (nSPS) is 12.6. The van der Waals surface area contributed by atoms with Crippen LogP contribution in [-0.2, 0) is 21.2 Å². The van der Waals surface area contributed by atoms with E-state index >= 15 is 0 Å². The zero-order valence-electron chi connectivity index (χ0n) is 17.3. The average molecular weight is 445 g/mol. The second kappa shape index (κ2) is 9.84. The van der Waals surface area contributed by atoms with E-state index in [0.717, 1.165) is 23.5 Å². The minimum absolute atomic E-state index is 0.287. The van der Waals surface area contributed by atoms with Gasteiger partial charge in [0.2, 0.25) is 15.9 Å². The number of carbonyl (C=O) groups excluding carboxylic acids is 1. The highest BCUT2D eigenvalue weighted by Gasteiger charge is 2.29. The number of nitrogens with zero attached hydrogens (tertiary/aromatic N) is 2. The molecule has 164 valence electrons. The summed E-state index contributed by atoms with van der Waals surface area (Å²) in [6, 6.07) is 15.5.